The molecule has 1 spiro atoms. The average molecular weight is 469 g/mol. The minimum Gasteiger partial charge on any atom is -0.315 e. The summed E-state index contributed by atoms with van der Waals surface area (Å²) in [5, 5.41) is 19.1. The van der Waals surface area contributed by atoms with E-state index < -0.39 is 5.41 Å². The lowest BCUT2D eigenvalue weighted by Gasteiger charge is -2.52. The van der Waals surface area contributed by atoms with E-state index in [9.17, 15) is 10.1 Å². The zero-order valence-electron chi connectivity index (χ0n) is 20.6. The highest BCUT2D eigenvalue weighted by Crippen LogP contribution is 2.51. The van der Waals surface area contributed by atoms with Gasteiger partial charge >= 0.3 is 6.03 Å². The lowest BCUT2D eigenvalue weighted by atomic mass is 9.66. The molecule has 35 heavy (non-hydrogen) atoms. The first kappa shape index (κ1) is 23.3. The summed E-state index contributed by atoms with van der Waals surface area (Å²) in [7, 11) is 4.30. The van der Waals surface area contributed by atoms with Crippen LogP contribution in [0.2, 0.25) is 0 Å². The number of rotatable bonds is 5. The van der Waals surface area contributed by atoms with Crippen molar-refractivity contribution in [2.45, 2.75) is 56.0 Å². The molecule has 7 heteroatoms. The van der Waals surface area contributed by atoms with Crippen LogP contribution in [0.1, 0.15) is 56.2 Å². The molecule has 2 aliphatic carbocycles. The van der Waals surface area contributed by atoms with Gasteiger partial charge in [0.2, 0.25) is 0 Å². The lowest BCUT2D eigenvalue weighted by Crippen LogP contribution is -2.57. The van der Waals surface area contributed by atoms with Crippen LogP contribution in [-0.2, 0) is 5.54 Å². The van der Waals surface area contributed by atoms with Crippen LogP contribution in [0.5, 0.6) is 0 Å². The third-order valence-electron chi connectivity index (χ3n) is 8.84. The van der Waals surface area contributed by atoms with Crippen molar-refractivity contribution in [3.63, 3.8) is 0 Å². The van der Waals surface area contributed by atoms with Crippen molar-refractivity contribution < 1.29 is 4.79 Å². The highest BCUT2D eigenvalue weighted by Gasteiger charge is 2.57. The summed E-state index contributed by atoms with van der Waals surface area (Å²) >= 11 is 0. The number of hydrogen-bond donors (Lipinski definition) is 0. The molecule has 0 N–H and O–H groups in total. The zero-order chi connectivity index (χ0) is 24.7. The summed E-state index contributed by atoms with van der Waals surface area (Å²) in [6.45, 7) is 1.07. The van der Waals surface area contributed by atoms with E-state index in [0.29, 0.717) is 24.5 Å². The maximum Gasteiger partial charge on any atom is 0.325 e. The standard InChI is InChI=1S/C28H32N6O/c1-32(2)28(22-7-4-3-5-8-22)15-13-27(14-16-28)21-33(24-10-9-23(17-29)31-18-24)25(35)34(27)20-26(19-30)11-6-12-26/h3-5,7-10,18H,6,11-16,20-21H2,1-2H3/t27-,28+. The minimum absolute atomic E-state index is 0.0462. The molecule has 0 unspecified atom stereocenters. The summed E-state index contributed by atoms with van der Waals surface area (Å²) in [5.41, 5.74) is 1.53. The van der Waals surface area contributed by atoms with Gasteiger partial charge in [0.1, 0.15) is 11.8 Å². The Balaban J connectivity index is 1.48. The van der Waals surface area contributed by atoms with Crippen molar-refractivity contribution in [3.8, 4) is 12.1 Å². The second-order valence-electron chi connectivity index (χ2n) is 10.7. The number of nitrogens with zero attached hydrogens (tertiary/aromatic N) is 6. The highest BCUT2D eigenvalue weighted by atomic mass is 16.2. The SMILES string of the molecule is CN(C)[C@]1(c2ccccc2)CC[C@]2(CC1)CN(c1ccc(C#N)nc1)C(=O)N2CC1(C#N)CCC1. The third-order valence-corrected chi connectivity index (χ3v) is 8.84. The van der Waals surface area contributed by atoms with Gasteiger partial charge in [0.25, 0.3) is 0 Å². The number of nitriles is 2. The van der Waals surface area contributed by atoms with Gasteiger partial charge in [-0.1, -0.05) is 36.8 Å². The molecule has 1 aliphatic heterocycles. The molecule has 1 saturated heterocycles. The van der Waals surface area contributed by atoms with E-state index in [2.05, 4.69) is 60.4 Å². The molecule has 2 aromatic rings. The number of benzene rings is 1. The third kappa shape index (κ3) is 3.75. The number of pyridine rings is 1. The molecule has 1 aromatic carbocycles. The van der Waals surface area contributed by atoms with Crippen molar-refractivity contribution >= 4 is 11.7 Å². The first-order valence-electron chi connectivity index (χ1n) is 12.5. The number of carbonyl (C=O) groups is 1. The molecule has 0 bridgehead atoms. The molecular formula is C28H32N6O. The van der Waals surface area contributed by atoms with Gasteiger partial charge in [0.15, 0.2) is 0 Å². The predicted molar refractivity (Wildman–Crippen MR) is 133 cm³/mol. The summed E-state index contributed by atoms with van der Waals surface area (Å²) < 4.78 is 0. The smallest absolute Gasteiger partial charge is 0.315 e. The molecule has 5 rings (SSSR count). The monoisotopic (exact) mass is 468 g/mol. The summed E-state index contributed by atoms with van der Waals surface area (Å²) in [5.74, 6) is 0. The van der Waals surface area contributed by atoms with Gasteiger partial charge < -0.3 is 4.90 Å². The second-order valence-corrected chi connectivity index (χ2v) is 10.7. The van der Waals surface area contributed by atoms with Crippen molar-refractivity contribution in [2.75, 3.05) is 32.1 Å². The Kier molecular flexibility index (Phi) is 5.77. The zero-order valence-corrected chi connectivity index (χ0v) is 20.6. The lowest BCUT2D eigenvalue weighted by molar-refractivity contribution is 0.00826. The molecule has 2 saturated carbocycles. The fraction of sp³-hybridized carbons (Fsp3) is 0.500. The summed E-state index contributed by atoms with van der Waals surface area (Å²) in [6, 6.07) is 18.7. The number of carbonyl (C=O) groups excluding carboxylic acids is 1. The van der Waals surface area contributed by atoms with E-state index in [1.165, 1.54) is 5.56 Å². The number of amides is 2. The van der Waals surface area contributed by atoms with Crippen LogP contribution < -0.4 is 4.90 Å². The van der Waals surface area contributed by atoms with E-state index in [1.807, 2.05) is 15.9 Å². The van der Waals surface area contributed by atoms with Crippen LogP contribution in [0, 0.1) is 28.1 Å². The van der Waals surface area contributed by atoms with E-state index in [4.69, 9.17) is 5.26 Å². The van der Waals surface area contributed by atoms with Gasteiger partial charge in [-0.05, 0) is 70.3 Å². The second kappa shape index (κ2) is 8.66. The van der Waals surface area contributed by atoms with E-state index in [1.54, 1.807) is 18.3 Å². The Bertz CT molecular complexity index is 1160. The fourth-order valence-corrected chi connectivity index (χ4v) is 6.36. The van der Waals surface area contributed by atoms with Gasteiger partial charge in [-0.2, -0.15) is 10.5 Å². The van der Waals surface area contributed by atoms with E-state index >= 15 is 0 Å². The maximum absolute atomic E-state index is 13.9. The van der Waals surface area contributed by atoms with E-state index in [0.717, 1.165) is 44.9 Å². The number of aromatic nitrogens is 1. The number of anilines is 1. The van der Waals surface area contributed by atoms with Crippen molar-refractivity contribution in [2.24, 2.45) is 5.41 Å². The van der Waals surface area contributed by atoms with Gasteiger partial charge in [0.05, 0.1) is 35.5 Å². The topological polar surface area (TPSA) is 87.3 Å². The number of hydrogen-bond acceptors (Lipinski definition) is 5. The largest absolute Gasteiger partial charge is 0.325 e. The van der Waals surface area contributed by atoms with Crippen LogP contribution in [-0.4, -0.2) is 53.5 Å². The Morgan fingerprint density at radius 3 is 2.23 bits per heavy atom. The molecule has 2 heterocycles. The molecule has 3 aliphatic rings. The highest BCUT2D eigenvalue weighted by molar-refractivity contribution is 5.95. The molecule has 0 atom stereocenters. The molecule has 3 fully saturated rings. The maximum atomic E-state index is 13.9. The van der Waals surface area contributed by atoms with Gasteiger partial charge in [-0.3, -0.25) is 9.80 Å². The van der Waals surface area contributed by atoms with Crippen molar-refractivity contribution in [1.29, 1.82) is 10.5 Å². The molecule has 0 radical (unpaired) electrons. The van der Waals surface area contributed by atoms with Crippen molar-refractivity contribution in [3.05, 3.63) is 59.9 Å². The predicted octanol–water partition coefficient (Wildman–Crippen LogP) is 4.66. The minimum atomic E-state index is -0.433. The molecule has 1 aromatic heterocycles. The quantitative estimate of drug-likeness (QED) is 0.637. The molecular weight excluding hydrogens is 436 g/mol. The van der Waals surface area contributed by atoms with Crippen LogP contribution in [0.25, 0.3) is 0 Å². The first-order chi connectivity index (χ1) is 16.9. The molecule has 180 valence electrons. The van der Waals surface area contributed by atoms with Gasteiger partial charge in [0, 0.05) is 12.1 Å². The first-order valence-corrected chi connectivity index (χ1v) is 12.5. The number of urea groups is 1. The van der Waals surface area contributed by atoms with Crippen LogP contribution >= 0.6 is 0 Å². The van der Waals surface area contributed by atoms with Crippen LogP contribution in [0.3, 0.4) is 0 Å². The van der Waals surface area contributed by atoms with Crippen molar-refractivity contribution in [1.82, 2.24) is 14.8 Å². The molecule has 7 nitrogen and oxygen atoms in total. The summed E-state index contributed by atoms with van der Waals surface area (Å²) in [4.78, 5) is 24.2. The Morgan fingerprint density at radius 2 is 1.71 bits per heavy atom. The normalized spacial score (nSPS) is 27.5. The Labute approximate surface area is 207 Å². The van der Waals surface area contributed by atoms with Crippen LogP contribution in [0.15, 0.2) is 48.7 Å². The van der Waals surface area contributed by atoms with E-state index in [-0.39, 0.29) is 17.1 Å². The fourth-order valence-electron chi connectivity index (χ4n) is 6.36. The Hall–Kier alpha value is -3.42. The average Bonchev–Trinajstić information content (AvgIpc) is 3.13. The van der Waals surface area contributed by atoms with Gasteiger partial charge in [-0.25, -0.2) is 9.78 Å². The Morgan fingerprint density at radius 1 is 1.00 bits per heavy atom. The molecule has 2 amide bonds. The van der Waals surface area contributed by atoms with Gasteiger partial charge in [-0.15, -0.1) is 0 Å². The van der Waals surface area contributed by atoms with Crippen LogP contribution in [0.4, 0.5) is 10.5 Å². The summed E-state index contributed by atoms with van der Waals surface area (Å²) in [6.07, 6.45) is 7.99.